The second kappa shape index (κ2) is 15.6. The number of oxime groups is 1. The van der Waals surface area contributed by atoms with Crippen LogP contribution in [0.1, 0.15) is 36.7 Å². The minimum atomic E-state index is -0.454. The van der Waals surface area contributed by atoms with Crippen LogP contribution >= 0.6 is 0 Å². The zero-order valence-corrected chi connectivity index (χ0v) is 25.7. The Morgan fingerprint density at radius 1 is 0.844 bits per heavy atom. The standard InChI is InChI=1S/C36H38N4O5/c1-3-43-35(42)26-45-38-27(2)28-15-17-29(18-16-28)31-12-9-13-32(24-31)44-25-34(41)39-20-22-40(23-21-39)36(30-10-5-4-6-11-30)33-14-7-8-19-37-33/h4-19,24,36H,3,20-23,25-26H2,1-2H3. The first-order valence-electron chi connectivity index (χ1n) is 15.2. The maximum Gasteiger partial charge on any atom is 0.347 e. The Hall–Kier alpha value is -5.02. The summed E-state index contributed by atoms with van der Waals surface area (Å²) in [5.74, 6) is 0.149. The van der Waals surface area contributed by atoms with E-state index >= 15 is 0 Å². The molecule has 9 heteroatoms. The Kier molecular flexibility index (Phi) is 10.9. The molecular formula is C36H38N4O5. The van der Waals surface area contributed by atoms with Crippen molar-refractivity contribution in [2.24, 2.45) is 5.16 Å². The highest BCUT2D eigenvalue weighted by atomic mass is 16.7. The van der Waals surface area contributed by atoms with Gasteiger partial charge in [-0.2, -0.15) is 0 Å². The van der Waals surface area contributed by atoms with Crippen LogP contribution in [0.5, 0.6) is 5.75 Å². The lowest BCUT2D eigenvalue weighted by Gasteiger charge is -2.39. The van der Waals surface area contributed by atoms with Gasteiger partial charge in [-0.1, -0.05) is 78.0 Å². The van der Waals surface area contributed by atoms with Gasteiger partial charge in [0.25, 0.3) is 5.91 Å². The first kappa shape index (κ1) is 31.4. The van der Waals surface area contributed by atoms with E-state index < -0.39 is 5.97 Å². The van der Waals surface area contributed by atoms with Crippen LogP contribution in [0.15, 0.2) is 108 Å². The number of nitrogens with zero attached hydrogens (tertiary/aromatic N) is 4. The molecule has 0 aliphatic carbocycles. The van der Waals surface area contributed by atoms with E-state index in [1.54, 1.807) is 6.92 Å². The van der Waals surface area contributed by atoms with Gasteiger partial charge in [-0.25, -0.2) is 4.79 Å². The molecule has 1 amide bonds. The van der Waals surface area contributed by atoms with Gasteiger partial charge in [-0.05, 0) is 60.4 Å². The van der Waals surface area contributed by atoms with E-state index in [4.69, 9.17) is 14.3 Å². The van der Waals surface area contributed by atoms with Crippen LogP contribution in [-0.2, 0) is 19.2 Å². The molecule has 1 fully saturated rings. The second-order valence-electron chi connectivity index (χ2n) is 10.6. The highest BCUT2D eigenvalue weighted by Gasteiger charge is 2.29. The lowest BCUT2D eigenvalue weighted by molar-refractivity contribution is -0.148. The van der Waals surface area contributed by atoms with Gasteiger partial charge >= 0.3 is 5.97 Å². The molecule has 1 saturated heterocycles. The number of amides is 1. The van der Waals surface area contributed by atoms with E-state index in [1.807, 2.05) is 84.8 Å². The van der Waals surface area contributed by atoms with Crippen molar-refractivity contribution in [1.82, 2.24) is 14.8 Å². The first-order chi connectivity index (χ1) is 22.0. The molecule has 0 radical (unpaired) electrons. The molecule has 0 bridgehead atoms. The summed E-state index contributed by atoms with van der Waals surface area (Å²) in [6.45, 7) is 6.35. The smallest absolute Gasteiger partial charge is 0.347 e. The van der Waals surface area contributed by atoms with E-state index in [1.165, 1.54) is 5.56 Å². The minimum Gasteiger partial charge on any atom is -0.484 e. The summed E-state index contributed by atoms with van der Waals surface area (Å²) >= 11 is 0. The molecule has 4 aromatic rings. The molecule has 9 nitrogen and oxygen atoms in total. The predicted octanol–water partition coefficient (Wildman–Crippen LogP) is 5.36. The molecular weight excluding hydrogens is 568 g/mol. The minimum absolute atomic E-state index is 0.0216. The van der Waals surface area contributed by atoms with Crippen molar-refractivity contribution >= 4 is 17.6 Å². The van der Waals surface area contributed by atoms with Crippen LogP contribution < -0.4 is 4.74 Å². The van der Waals surface area contributed by atoms with Crippen LogP contribution in [0.3, 0.4) is 0 Å². The van der Waals surface area contributed by atoms with Crippen LogP contribution in [0, 0.1) is 0 Å². The maximum absolute atomic E-state index is 13.1. The summed E-state index contributed by atoms with van der Waals surface area (Å²) in [6.07, 6.45) is 1.83. The first-order valence-corrected chi connectivity index (χ1v) is 15.2. The third-order valence-corrected chi connectivity index (χ3v) is 7.64. The Balaban J connectivity index is 1.14. The SMILES string of the molecule is CCOC(=O)CON=C(C)c1ccc(-c2cccc(OCC(=O)N3CCN(C(c4ccccc4)c4ccccn4)CC3)c2)cc1. The van der Waals surface area contributed by atoms with Crippen molar-refractivity contribution in [1.29, 1.82) is 0 Å². The van der Waals surface area contributed by atoms with E-state index in [9.17, 15) is 9.59 Å². The molecule has 1 aliphatic rings. The summed E-state index contributed by atoms with van der Waals surface area (Å²) in [5, 5.41) is 4.01. The molecule has 0 saturated carbocycles. The number of piperazine rings is 1. The average Bonchev–Trinajstić information content (AvgIpc) is 3.09. The molecule has 1 unspecified atom stereocenters. The van der Waals surface area contributed by atoms with Gasteiger partial charge in [0.05, 0.1) is 24.1 Å². The zero-order valence-electron chi connectivity index (χ0n) is 25.7. The van der Waals surface area contributed by atoms with Crippen molar-refractivity contribution in [3.63, 3.8) is 0 Å². The topological polar surface area (TPSA) is 93.6 Å². The molecule has 1 aromatic heterocycles. The summed E-state index contributed by atoms with van der Waals surface area (Å²) in [4.78, 5) is 38.5. The van der Waals surface area contributed by atoms with E-state index in [0.29, 0.717) is 31.2 Å². The van der Waals surface area contributed by atoms with Crippen molar-refractivity contribution < 1.29 is 23.9 Å². The number of carbonyl (C=O) groups excluding carboxylic acids is 2. The molecule has 0 N–H and O–H groups in total. The highest BCUT2D eigenvalue weighted by Crippen LogP contribution is 2.28. The maximum atomic E-state index is 13.1. The second-order valence-corrected chi connectivity index (χ2v) is 10.6. The Bertz CT molecular complexity index is 1530. The summed E-state index contributed by atoms with van der Waals surface area (Å²) in [7, 11) is 0. The lowest BCUT2D eigenvalue weighted by Crippen LogP contribution is -2.51. The Morgan fingerprint density at radius 3 is 2.31 bits per heavy atom. The molecule has 5 rings (SSSR count). The van der Waals surface area contributed by atoms with Crippen LogP contribution in [0.25, 0.3) is 11.1 Å². The number of ether oxygens (including phenoxy) is 2. The number of esters is 1. The Labute approximate surface area is 264 Å². The normalized spacial score (nSPS) is 14.4. The Morgan fingerprint density at radius 2 is 1.60 bits per heavy atom. The van der Waals surface area contributed by atoms with Gasteiger partial charge in [0.2, 0.25) is 6.61 Å². The van der Waals surface area contributed by atoms with Gasteiger partial charge in [0.1, 0.15) is 5.75 Å². The number of benzene rings is 3. The van der Waals surface area contributed by atoms with Crippen LogP contribution in [0.2, 0.25) is 0 Å². The van der Waals surface area contributed by atoms with Crippen molar-refractivity contribution in [3.8, 4) is 16.9 Å². The number of hydrogen-bond donors (Lipinski definition) is 0. The molecule has 2 heterocycles. The van der Waals surface area contributed by atoms with Crippen molar-refractivity contribution in [2.75, 3.05) is 46.0 Å². The van der Waals surface area contributed by atoms with Gasteiger partial charge < -0.3 is 19.2 Å². The average molecular weight is 607 g/mol. The van der Waals surface area contributed by atoms with Gasteiger partial charge in [0, 0.05) is 32.4 Å². The van der Waals surface area contributed by atoms with Crippen molar-refractivity contribution in [2.45, 2.75) is 19.9 Å². The van der Waals surface area contributed by atoms with Gasteiger partial charge in [0.15, 0.2) is 6.61 Å². The van der Waals surface area contributed by atoms with Crippen LogP contribution in [-0.4, -0.2) is 78.4 Å². The number of hydrogen-bond acceptors (Lipinski definition) is 8. The van der Waals surface area contributed by atoms with Gasteiger partial charge in [-0.15, -0.1) is 0 Å². The molecule has 3 aromatic carbocycles. The number of pyridine rings is 1. The van der Waals surface area contributed by atoms with Crippen LogP contribution in [0.4, 0.5) is 0 Å². The largest absolute Gasteiger partial charge is 0.484 e. The summed E-state index contributed by atoms with van der Waals surface area (Å²) in [5.41, 5.74) is 5.68. The van der Waals surface area contributed by atoms with Crippen molar-refractivity contribution in [3.05, 3.63) is 120 Å². The molecule has 1 atom stereocenters. The quantitative estimate of drug-likeness (QED) is 0.122. The summed E-state index contributed by atoms with van der Waals surface area (Å²) in [6, 6.07) is 32.0. The van der Waals surface area contributed by atoms with Gasteiger partial charge in [-0.3, -0.25) is 14.7 Å². The number of aromatic nitrogens is 1. The van der Waals surface area contributed by atoms with E-state index in [0.717, 1.165) is 35.5 Å². The predicted molar refractivity (Wildman–Crippen MR) is 173 cm³/mol. The highest BCUT2D eigenvalue weighted by molar-refractivity contribution is 5.98. The summed E-state index contributed by atoms with van der Waals surface area (Å²) < 4.78 is 10.8. The van der Waals surface area contributed by atoms with E-state index in [-0.39, 0.29) is 25.2 Å². The molecule has 1 aliphatic heterocycles. The fraction of sp³-hybridized carbons (Fsp3) is 0.278. The molecule has 0 spiro atoms. The number of rotatable bonds is 12. The molecule has 232 valence electrons. The fourth-order valence-electron chi connectivity index (χ4n) is 5.31. The zero-order chi connectivity index (χ0) is 31.4. The molecule has 45 heavy (non-hydrogen) atoms. The third-order valence-electron chi connectivity index (χ3n) is 7.64. The fourth-order valence-corrected chi connectivity index (χ4v) is 5.31. The number of carbonyl (C=O) groups is 2. The monoisotopic (exact) mass is 606 g/mol. The van der Waals surface area contributed by atoms with E-state index in [2.05, 4.69) is 45.4 Å². The lowest BCUT2D eigenvalue weighted by atomic mass is 10.0. The third kappa shape index (κ3) is 8.55.